The number of nitrogens with one attached hydrogen (secondary N) is 2. The predicted molar refractivity (Wildman–Crippen MR) is 138 cm³/mol. The average Bonchev–Trinajstić information content (AvgIpc) is 3.50. The number of Topliss-reactive ketones (excluding diaryl/α,β-unsaturated/α-hetero) is 1. The van der Waals surface area contributed by atoms with E-state index in [1.807, 2.05) is 28.9 Å². The molecule has 3 fully saturated rings. The van der Waals surface area contributed by atoms with Gasteiger partial charge in [-0.1, -0.05) is 18.2 Å². The van der Waals surface area contributed by atoms with Gasteiger partial charge in [-0.25, -0.2) is 0 Å². The third-order valence-corrected chi connectivity index (χ3v) is 8.12. The van der Waals surface area contributed by atoms with Gasteiger partial charge in [0.15, 0.2) is 5.69 Å². The molecular weight excluding hydrogens is 440 g/mol. The molecule has 1 aromatic carbocycles. The highest BCUT2D eigenvalue weighted by molar-refractivity contribution is 6.05. The van der Waals surface area contributed by atoms with Crippen molar-refractivity contribution in [1.29, 1.82) is 0 Å². The van der Waals surface area contributed by atoms with E-state index >= 15 is 0 Å². The molecule has 3 aliphatic heterocycles. The van der Waals surface area contributed by atoms with Crippen molar-refractivity contribution in [3.63, 3.8) is 0 Å². The van der Waals surface area contributed by atoms with Crippen LogP contribution in [0.25, 0.3) is 10.9 Å². The van der Waals surface area contributed by atoms with E-state index in [4.69, 9.17) is 5.10 Å². The molecular formula is C27H40N6O2. The molecule has 190 valence electrons. The van der Waals surface area contributed by atoms with Crippen LogP contribution in [0.1, 0.15) is 69.4 Å². The fourth-order valence-corrected chi connectivity index (χ4v) is 6.41. The Morgan fingerprint density at radius 1 is 1.06 bits per heavy atom. The van der Waals surface area contributed by atoms with E-state index in [9.17, 15) is 9.59 Å². The van der Waals surface area contributed by atoms with Crippen LogP contribution in [0, 0.1) is 0 Å². The molecule has 3 saturated heterocycles. The summed E-state index contributed by atoms with van der Waals surface area (Å²) in [6.07, 6.45) is 5.62. The highest BCUT2D eigenvalue weighted by Gasteiger charge is 2.41. The number of ketones is 1. The fraction of sp³-hybridized carbons (Fsp3) is 0.667. The Balaban J connectivity index is 1.15. The summed E-state index contributed by atoms with van der Waals surface area (Å²) < 4.78 is 1.95. The molecule has 0 spiro atoms. The summed E-state index contributed by atoms with van der Waals surface area (Å²) in [7, 11) is 0. The first-order valence-electron chi connectivity index (χ1n) is 13.4. The standard InChI is InChI=1S/C27H40N6O2/c1-18(2)33-25-7-5-4-6-24(25)26(30-33)27(35)29-21-14-22-8-9-23(15-21)32(22)13-12-31-11-10-20(17-31)28-16-19(3)34/h4-7,18,20-23,28H,8-17H2,1-3H3,(H,29,35)/t20-,21?,22?,23?/m0/s1. The number of piperidine rings is 1. The minimum absolute atomic E-state index is 0.0420. The number of rotatable bonds is 9. The highest BCUT2D eigenvalue weighted by Crippen LogP contribution is 2.36. The summed E-state index contributed by atoms with van der Waals surface area (Å²) >= 11 is 0. The molecule has 35 heavy (non-hydrogen) atoms. The van der Waals surface area contributed by atoms with Gasteiger partial charge in [0.1, 0.15) is 5.78 Å². The van der Waals surface area contributed by atoms with E-state index in [0.29, 0.717) is 30.4 Å². The summed E-state index contributed by atoms with van der Waals surface area (Å²) in [4.78, 5) is 29.7. The molecule has 1 aromatic heterocycles. The lowest BCUT2D eigenvalue weighted by Crippen LogP contribution is -2.52. The van der Waals surface area contributed by atoms with Crippen molar-refractivity contribution in [2.24, 2.45) is 0 Å². The minimum atomic E-state index is -0.0420. The Bertz CT molecular complexity index is 1050. The van der Waals surface area contributed by atoms with Crippen molar-refractivity contribution < 1.29 is 9.59 Å². The topological polar surface area (TPSA) is 82.5 Å². The SMILES string of the molecule is CC(=O)CN[C@H]1CCN(CCN2C3CCC2CC(NC(=O)c2nn(C(C)C)c4ccccc24)C3)C1. The van der Waals surface area contributed by atoms with Crippen molar-refractivity contribution >= 4 is 22.6 Å². The van der Waals surface area contributed by atoms with E-state index in [1.54, 1.807) is 6.92 Å². The smallest absolute Gasteiger partial charge is 0.272 e. The van der Waals surface area contributed by atoms with Crippen LogP contribution in [0.4, 0.5) is 0 Å². The fourth-order valence-electron chi connectivity index (χ4n) is 6.41. The first kappa shape index (κ1) is 24.4. The molecule has 8 heteroatoms. The van der Waals surface area contributed by atoms with Gasteiger partial charge in [-0.3, -0.25) is 19.2 Å². The lowest BCUT2D eigenvalue weighted by atomic mass is 9.97. The maximum Gasteiger partial charge on any atom is 0.272 e. The van der Waals surface area contributed by atoms with Crippen LogP contribution in [-0.2, 0) is 4.79 Å². The zero-order valence-corrected chi connectivity index (χ0v) is 21.4. The zero-order valence-electron chi connectivity index (χ0n) is 21.4. The average molecular weight is 481 g/mol. The minimum Gasteiger partial charge on any atom is -0.348 e. The summed E-state index contributed by atoms with van der Waals surface area (Å²) in [6, 6.07) is 9.99. The second-order valence-corrected chi connectivity index (χ2v) is 11.0. The summed E-state index contributed by atoms with van der Waals surface area (Å²) in [5.41, 5.74) is 1.56. The second-order valence-electron chi connectivity index (χ2n) is 11.0. The van der Waals surface area contributed by atoms with Gasteiger partial charge in [0.05, 0.1) is 12.1 Å². The van der Waals surface area contributed by atoms with Crippen LogP contribution in [0.2, 0.25) is 0 Å². The number of hydrogen-bond donors (Lipinski definition) is 2. The predicted octanol–water partition coefficient (Wildman–Crippen LogP) is 2.60. The second kappa shape index (κ2) is 10.4. The Labute approximate surface area is 208 Å². The maximum absolute atomic E-state index is 13.3. The molecule has 3 aliphatic rings. The number of carbonyl (C=O) groups excluding carboxylic acids is 2. The lowest BCUT2D eigenvalue weighted by molar-refractivity contribution is -0.116. The van der Waals surface area contributed by atoms with Gasteiger partial charge < -0.3 is 15.5 Å². The van der Waals surface area contributed by atoms with Crippen LogP contribution >= 0.6 is 0 Å². The maximum atomic E-state index is 13.3. The van der Waals surface area contributed by atoms with Crippen molar-refractivity contribution in [3.8, 4) is 0 Å². The van der Waals surface area contributed by atoms with Gasteiger partial charge in [0.2, 0.25) is 0 Å². The first-order chi connectivity index (χ1) is 16.9. The molecule has 4 heterocycles. The van der Waals surface area contributed by atoms with Crippen LogP contribution in [0.3, 0.4) is 0 Å². The van der Waals surface area contributed by atoms with Gasteiger partial charge in [-0.05, 0) is 65.5 Å². The van der Waals surface area contributed by atoms with Crippen LogP contribution in [0.5, 0.6) is 0 Å². The summed E-state index contributed by atoms with van der Waals surface area (Å²) in [5.74, 6) is 0.163. The van der Waals surface area contributed by atoms with Crippen molar-refractivity contribution in [1.82, 2.24) is 30.2 Å². The van der Waals surface area contributed by atoms with E-state index < -0.39 is 0 Å². The third kappa shape index (κ3) is 5.29. The number of aromatic nitrogens is 2. The van der Waals surface area contributed by atoms with Crippen LogP contribution < -0.4 is 10.6 Å². The number of nitrogens with zero attached hydrogens (tertiary/aromatic N) is 4. The highest BCUT2D eigenvalue weighted by atomic mass is 16.2. The Kier molecular flexibility index (Phi) is 7.23. The Morgan fingerprint density at radius 2 is 1.80 bits per heavy atom. The molecule has 2 aromatic rings. The molecule has 0 saturated carbocycles. The molecule has 2 unspecified atom stereocenters. The van der Waals surface area contributed by atoms with Crippen molar-refractivity contribution in [2.75, 3.05) is 32.7 Å². The van der Waals surface area contributed by atoms with Gasteiger partial charge in [0, 0.05) is 55.2 Å². The molecule has 3 atom stereocenters. The quantitative estimate of drug-likeness (QED) is 0.574. The number of benzene rings is 1. The van der Waals surface area contributed by atoms with E-state index in [0.717, 1.165) is 56.3 Å². The number of likely N-dealkylation sites (tertiary alicyclic amines) is 1. The number of hydrogen-bond acceptors (Lipinski definition) is 6. The van der Waals surface area contributed by atoms with Gasteiger partial charge in [-0.2, -0.15) is 5.10 Å². The zero-order chi connectivity index (χ0) is 24.5. The number of fused-ring (bicyclic) bond motifs is 3. The molecule has 8 nitrogen and oxygen atoms in total. The third-order valence-electron chi connectivity index (χ3n) is 8.12. The Morgan fingerprint density at radius 3 is 2.51 bits per heavy atom. The largest absolute Gasteiger partial charge is 0.348 e. The number of para-hydroxylation sites is 1. The first-order valence-corrected chi connectivity index (χ1v) is 13.4. The van der Waals surface area contributed by atoms with E-state index in [-0.39, 0.29) is 23.8 Å². The van der Waals surface area contributed by atoms with Gasteiger partial charge >= 0.3 is 0 Å². The lowest BCUT2D eigenvalue weighted by Gasteiger charge is -2.39. The molecule has 0 radical (unpaired) electrons. The molecule has 2 N–H and O–H groups in total. The monoisotopic (exact) mass is 480 g/mol. The normalized spacial score (nSPS) is 27.2. The van der Waals surface area contributed by atoms with Crippen LogP contribution in [-0.4, -0.2) is 88.2 Å². The summed E-state index contributed by atoms with van der Waals surface area (Å²) in [6.45, 7) is 10.6. The molecule has 5 rings (SSSR count). The molecule has 1 amide bonds. The number of amides is 1. The molecule has 0 aliphatic carbocycles. The van der Waals surface area contributed by atoms with Gasteiger partial charge in [0.25, 0.3) is 5.91 Å². The van der Waals surface area contributed by atoms with E-state index in [1.165, 1.54) is 12.8 Å². The van der Waals surface area contributed by atoms with Crippen LogP contribution in [0.15, 0.2) is 24.3 Å². The molecule has 2 bridgehead atoms. The van der Waals surface area contributed by atoms with Crippen molar-refractivity contribution in [3.05, 3.63) is 30.0 Å². The van der Waals surface area contributed by atoms with Gasteiger partial charge in [-0.15, -0.1) is 0 Å². The van der Waals surface area contributed by atoms with E-state index in [2.05, 4.69) is 34.3 Å². The van der Waals surface area contributed by atoms with Crippen molar-refractivity contribution in [2.45, 2.75) is 83.1 Å². The number of carbonyl (C=O) groups is 2. The summed E-state index contributed by atoms with van der Waals surface area (Å²) in [5, 5.41) is 12.3. The Hall–Kier alpha value is -2.29.